The fourth-order valence-corrected chi connectivity index (χ4v) is 3.93. The molecule has 1 aromatic heterocycles. The summed E-state index contributed by atoms with van der Waals surface area (Å²) in [6.07, 6.45) is 8.92. The van der Waals surface area contributed by atoms with Crippen molar-refractivity contribution < 1.29 is 4.79 Å². The van der Waals surface area contributed by atoms with Crippen LogP contribution in [-0.2, 0) is 24.3 Å². The van der Waals surface area contributed by atoms with E-state index in [-0.39, 0.29) is 5.91 Å². The van der Waals surface area contributed by atoms with Crippen LogP contribution in [0, 0.1) is 11.8 Å². The molecule has 0 bridgehead atoms. The lowest BCUT2D eigenvalue weighted by molar-refractivity contribution is -0.122. The smallest absolute Gasteiger partial charge is 0.220 e. The van der Waals surface area contributed by atoms with Crippen LogP contribution in [-0.4, -0.2) is 28.5 Å². The molecule has 0 spiro atoms. The molecule has 0 aliphatic carbocycles. The van der Waals surface area contributed by atoms with Crippen molar-refractivity contribution in [2.24, 2.45) is 11.8 Å². The second-order valence-electron chi connectivity index (χ2n) is 7.67. The minimum Gasteiger partial charge on any atom is -0.349 e. The van der Waals surface area contributed by atoms with Gasteiger partial charge in [0.1, 0.15) is 5.82 Å². The number of imidazole rings is 1. The number of piperidine rings is 1. The predicted molar refractivity (Wildman–Crippen MR) is 108 cm³/mol. The van der Waals surface area contributed by atoms with Gasteiger partial charge in [0.15, 0.2) is 0 Å². The molecule has 1 amide bonds. The highest BCUT2D eigenvalue weighted by Crippen LogP contribution is 2.24. The fourth-order valence-electron chi connectivity index (χ4n) is 3.93. The maximum Gasteiger partial charge on any atom is 0.220 e. The Hall–Kier alpha value is -2.14. The Labute approximate surface area is 162 Å². The van der Waals surface area contributed by atoms with Crippen molar-refractivity contribution in [2.45, 2.75) is 52.1 Å². The van der Waals surface area contributed by atoms with Gasteiger partial charge in [0.25, 0.3) is 0 Å². The first kappa shape index (κ1) is 19.6. The van der Waals surface area contributed by atoms with E-state index in [4.69, 9.17) is 0 Å². The number of rotatable bonds is 9. The van der Waals surface area contributed by atoms with Crippen molar-refractivity contribution in [2.75, 3.05) is 13.1 Å². The van der Waals surface area contributed by atoms with Crippen molar-refractivity contribution in [3.05, 3.63) is 54.1 Å². The number of aryl methyl sites for hydroxylation is 2. The maximum atomic E-state index is 12.3. The lowest BCUT2D eigenvalue weighted by atomic mass is 9.84. The summed E-state index contributed by atoms with van der Waals surface area (Å²) >= 11 is 0. The number of benzene rings is 1. The molecule has 2 aromatic rings. The molecule has 27 heavy (non-hydrogen) atoms. The number of carbonyl (C=O) groups is 1. The second kappa shape index (κ2) is 10.3. The number of amides is 1. The van der Waals surface area contributed by atoms with E-state index >= 15 is 0 Å². The van der Waals surface area contributed by atoms with Gasteiger partial charge in [-0.3, -0.25) is 4.79 Å². The Bertz CT molecular complexity index is 691. The summed E-state index contributed by atoms with van der Waals surface area (Å²) in [6.45, 7) is 5.80. The van der Waals surface area contributed by atoms with E-state index < -0.39 is 0 Å². The van der Waals surface area contributed by atoms with Gasteiger partial charge in [-0.2, -0.15) is 0 Å². The zero-order chi connectivity index (χ0) is 18.9. The molecule has 1 atom stereocenters. The number of aromatic nitrogens is 2. The molecule has 1 aliphatic rings. The minimum absolute atomic E-state index is 0.139. The van der Waals surface area contributed by atoms with E-state index in [1.807, 2.05) is 18.5 Å². The molecule has 146 valence electrons. The number of carbonyl (C=O) groups excluding carboxylic acids is 1. The van der Waals surface area contributed by atoms with Crippen LogP contribution in [0.2, 0.25) is 0 Å². The van der Waals surface area contributed by atoms with Gasteiger partial charge in [-0.05, 0) is 56.2 Å². The highest BCUT2D eigenvalue weighted by Gasteiger charge is 2.22. The highest BCUT2D eigenvalue weighted by atomic mass is 16.1. The number of hydrogen-bond donors (Lipinski definition) is 2. The number of nitrogens with zero attached hydrogens (tertiary/aromatic N) is 2. The van der Waals surface area contributed by atoms with Gasteiger partial charge in [-0.15, -0.1) is 0 Å². The van der Waals surface area contributed by atoms with Crippen molar-refractivity contribution in [1.29, 1.82) is 0 Å². The summed E-state index contributed by atoms with van der Waals surface area (Å²) in [5.74, 6) is 2.18. The fraction of sp³-hybridized carbons (Fsp3) is 0.545. The summed E-state index contributed by atoms with van der Waals surface area (Å²) in [4.78, 5) is 16.8. The van der Waals surface area contributed by atoms with Crippen LogP contribution in [0.25, 0.3) is 0 Å². The minimum atomic E-state index is 0.139. The van der Waals surface area contributed by atoms with Gasteiger partial charge >= 0.3 is 0 Å². The monoisotopic (exact) mass is 368 g/mol. The van der Waals surface area contributed by atoms with Gasteiger partial charge < -0.3 is 15.2 Å². The van der Waals surface area contributed by atoms with E-state index in [0.29, 0.717) is 24.8 Å². The Kier molecular flexibility index (Phi) is 7.45. The second-order valence-corrected chi connectivity index (χ2v) is 7.67. The lowest BCUT2D eigenvalue weighted by Gasteiger charge is -2.27. The van der Waals surface area contributed by atoms with Crippen LogP contribution < -0.4 is 10.6 Å². The Morgan fingerprint density at radius 1 is 1.30 bits per heavy atom. The summed E-state index contributed by atoms with van der Waals surface area (Å²) in [5.41, 5.74) is 1.36. The Balaban J connectivity index is 1.40. The zero-order valence-electron chi connectivity index (χ0n) is 16.4. The molecule has 3 rings (SSSR count). The molecule has 0 saturated carbocycles. The average molecular weight is 369 g/mol. The van der Waals surface area contributed by atoms with Crippen molar-refractivity contribution in [3.63, 3.8) is 0 Å². The van der Waals surface area contributed by atoms with Gasteiger partial charge in [0.2, 0.25) is 5.91 Å². The summed E-state index contributed by atoms with van der Waals surface area (Å²) in [6, 6.07) is 10.5. The normalized spacial score (nSPS) is 16.2. The molecule has 5 heteroatoms. The van der Waals surface area contributed by atoms with Gasteiger partial charge in [0, 0.05) is 25.4 Å². The maximum absolute atomic E-state index is 12.3. The predicted octanol–water partition coefficient (Wildman–Crippen LogP) is 3.16. The lowest BCUT2D eigenvalue weighted by Crippen LogP contribution is -2.33. The molecule has 0 radical (unpaired) electrons. The molecule has 1 saturated heterocycles. The van der Waals surface area contributed by atoms with Crippen LogP contribution in [0.15, 0.2) is 42.7 Å². The quantitative estimate of drug-likeness (QED) is 0.715. The number of hydrogen-bond acceptors (Lipinski definition) is 3. The molecule has 1 aliphatic heterocycles. The third-order valence-corrected chi connectivity index (χ3v) is 5.65. The van der Waals surface area contributed by atoms with Gasteiger partial charge in [-0.25, -0.2) is 4.98 Å². The SMILES string of the molecule is CC(CC(=O)NCc1nccn1CCCc1ccccc1)C1CCNCC1. The summed E-state index contributed by atoms with van der Waals surface area (Å²) in [5, 5.41) is 6.45. The third kappa shape index (κ3) is 6.21. The highest BCUT2D eigenvalue weighted by molar-refractivity contribution is 5.76. The molecule has 1 fully saturated rings. The molecular formula is C22H32N4O. The molecule has 5 nitrogen and oxygen atoms in total. The van der Waals surface area contributed by atoms with E-state index in [1.54, 1.807) is 0 Å². The third-order valence-electron chi connectivity index (χ3n) is 5.65. The van der Waals surface area contributed by atoms with E-state index in [2.05, 4.69) is 51.4 Å². The van der Waals surface area contributed by atoms with Crippen molar-refractivity contribution >= 4 is 5.91 Å². The summed E-state index contributed by atoms with van der Waals surface area (Å²) < 4.78 is 2.15. The first-order valence-electron chi connectivity index (χ1n) is 10.2. The van der Waals surface area contributed by atoms with Crippen LogP contribution in [0.5, 0.6) is 0 Å². The first-order valence-corrected chi connectivity index (χ1v) is 10.2. The van der Waals surface area contributed by atoms with Crippen LogP contribution in [0.1, 0.15) is 44.0 Å². The zero-order valence-corrected chi connectivity index (χ0v) is 16.4. The molecule has 2 N–H and O–H groups in total. The van der Waals surface area contributed by atoms with Crippen molar-refractivity contribution in [1.82, 2.24) is 20.2 Å². The summed E-state index contributed by atoms with van der Waals surface area (Å²) in [7, 11) is 0. The molecule has 1 unspecified atom stereocenters. The van der Waals surface area contributed by atoms with Crippen LogP contribution >= 0.6 is 0 Å². The van der Waals surface area contributed by atoms with E-state index in [9.17, 15) is 4.79 Å². The Morgan fingerprint density at radius 2 is 2.07 bits per heavy atom. The van der Waals surface area contributed by atoms with Crippen molar-refractivity contribution in [3.8, 4) is 0 Å². The van der Waals surface area contributed by atoms with Gasteiger partial charge in [0.05, 0.1) is 6.54 Å². The van der Waals surface area contributed by atoms with E-state index in [1.165, 1.54) is 18.4 Å². The van der Waals surface area contributed by atoms with E-state index in [0.717, 1.165) is 38.3 Å². The topological polar surface area (TPSA) is 59.0 Å². The molecular weight excluding hydrogens is 336 g/mol. The standard InChI is InChI=1S/C22H32N4O/c1-18(20-9-11-23-12-10-20)16-22(27)25-17-21-24-13-15-26(21)14-5-8-19-6-3-2-4-7-19/h2-4,6-7,13,15,18,20,23H,5,8-12,14,16-17H2,1H3,(H,25,27). The number of nitrogens with one attached hydrogen (secondary N) is 2. The van der Waals surface area contributed by atoms with Crippen LogP contribution in [0.3, 0.4) is 0 Å². The van der Waals surface area contributed by atoms with Crippen LogP contribution in [0.4, 0.5) is 0 Å². The van der Waals surface area contributed by atoms with Gasteiger partial charge in [-0.1, -0.05) is 37.3 Å². The largest absolute Gasteiger partial charge is 0.349 e. The average Bonchev–Trinajstić information content (AvgIpc) is 3.15. The molecule has 2 heterocycles. The Morgan fingerprint density at radius 3 is 2.85 bits per heavy atom. The molecule has 1 aromatic carbocycles. The first-order chi connectivity index (χ1) is 13.2.